The van der Waals surface area contributed by atoms with E-state index in [1.807, 2.05) is 30.3 Å². The lowest BCUT2D eigenvalue weighted by atomic mass is 10.0. The molecule has 0 unspecified atom stereocenters. The molecular weight excluding hydrogens is 468 g/mol. The maximum atomic E-state index is 12.8. The van der Waals surface area contributed by atoms with Crippen LogP contribution < -0.4 is 21.9 Å². The first-order valence-corrected chi connectivity index (χ1v) is 12.1. The summed E-state index contributed by atoms with van der Waals surface area (Å²) >= 11 is 0. The second-order valence-electron chi connectivity index (χ2n) is 9.39. The Balaban J connectivity index is 1.60. The summed E-state index contributed by atoms with van der Waals surface area (Å²) in [5.74, 6) is -0.265. The van der Waals surface area contributed by atoms with E-state index >= 15 is 0 Å². The fourth-order valence-electron chi connectivity index (χ4n) is 4.03. The summed E-state index contributed by atoms with van der Waals surface area (Å²) in [4.78, 5) is 50.9. The van der Waals surface area contributed by atoms with Gasteiger partial charge < -0.3 is 25.6 Å². The third kappa shape index (κ3) is 7.36. The molecule has 2 aromatic rings. The molecule has 1 fully saturated rings. The van der Waals surface area contributed by atoms with Gasteiger partial charge in [-0.2, -0.15) is 0 Å². The van der Waals surface area contributed by atoms with Gasteiger partial charge in [0.25, 0.3) is 5.56 Å². The minimum Gasteiger partial charge on any atom is -0.388 e. The third-order valence-electron chi connectivity index (χ3n) is 6.07. The zero-order valence-electron chi connectivity index (χ0n) is 20.4. The van der Waals surface area contributed by atoms with Crippen molar-refractivity contribution in [3.63, 3.8) is 0 Å². The van der Waals surface area contributed by atoms with Gasteiger partial charge in [-0.05, 0) is 24.3 Å². The average molecular weight is 503 g/mol. The summed E-state index contributed by atoms with van der Waals surface area (Å²) in [5.41, 5.74) is -0.492. The second-order valence-corrected chi connectivity index (χ2v) is 9.39. The smallest absolute Gasteiger partial charge is 0.330 e. The number of rotatable bonds is 11. The van der Waals surface area contributed by atoms with E-state index in [2.05, 4.69) is 29.5 Å². The third-order valence-corrected chi connectivity index (χ3v) is 6.07. The van der Waals surface area contributed by atoms with E-state index in [4.69, 9.17) is 4.74 Å². The first-order valence-electron chi connectivity index (χ1n) is 12.1. The van der Waals surface area contributed by atoms with Crippen LogP contribution >= 0.6 is 0 Å². The average Bonchev–Trinajstić information content (AvgIpc) is 3.11. The van der Waals surface area contributed by atoms with Crippen molar-refractivity contribution >= 4 is 11.8 Å². The van der Waals surface area contributed by atoms with Crippen LogP contribution in [0.3, 0.4) is 0 Å². The highest BCUT2D eigenvalue weighted by Gasteiger charge is 2.44. The summed E-state index contributed by atoms with van der Waals surface area (Å²) in [5, 5.41) is 26.4. The summed E-state index contributed by atoms with van der Waals surface area (Å²) in [6, 6.07) is 9.67. The number of nitrogens with one attached hydrogen (secondary N) is 3. The van der Waals surface area contributed by atoms with E-state index in [1.54, 1.807) is 0 Å². The molecule has 1 aromatic heterocycles. The predicted octanol–water partition coefficient (Wildman–Crippen LogP) is -0.174. The van der Waals surface area contributed by atoms with Crippen LogP contribution in [0.15, 0.2) is 52.2 Å². The quantitative estimate of drug-likeness (QED) is 0.285. The van der Waals surface area contributed by atoms with Gasteiger partial charge in [0.1, 0.15) is 18.2 Å². The highest BCUT2D eigenvalue weighted by molar-refractivity contribution is 5.87. The molecule has 0 saturated carbocycles. The molecule has 5 atom stereocenters. The largest absolute Gasteiger partial charge is 0.388 e. The lowest BCUT2D eigenvalue weighted by Crippen LogP contribution is -2.48. The summed E-state index contributed by atoms with van der Waals surface area (Å²) < 4.78 is 6.63. The minimum absolute atomic E-state index is 0.0473. The Hall–Kier alpha value is -3.28. The van der Waals surface area contributed by atoms with Crippen molar-refractivity contribution in [1.29, 1.82) is 0 Å². The molecule has 1 aliphatic heterocycles. The molecule has 1 aliphatic rings. The van der Waals surface area contributed by atoms with Crippen LogP contribution in [0.5, 0.6) is 0 Å². The van der Waals surface area contributed by atoms with Crippen LogP contribution in [0.2, 0.25) is 0 Å². The van der Waals surface area contributed by atoms with Crippen molar-refractivity contribution in [3.8, 4) is 0 Å². The summed E-state index contributed by atoms with van der Waals surface area (Å²) in [7, 11) is 0. The minimum atomic E-state index is -1.43. The fourth-order valence-corrected chi connectivity index (χ4v) is 4.03. The Bertz CT molecular complexity index is 1130. The highest BCUT2D eigenvalue weighted by atomic mass is 16.6. The number of amides is 2. The van der Waals surface area contributed by atoms with E-state index in [0.717, 1.165) is 22.6 Å². The van der Waals surface area contributed by atoms with Crippen LogP contribution in [-0.2, 0) is 20.7 Å². The van der Waals surface area contributed by atoms with Crippen molar-refractivity contribution in [1.82, 2.24) is 20.2 Å². The van der Waals surface area contributed by atoms with Gasteiger partial charge in [0.2, 0.25) is 11.8 Å². The molecule has 2 amide bonds. The molecule has 0 aliphatic carbocycles. The number of benzene rings is 1. The number of carbonyl (C=O) groups is 2. The van der Waals surface area contributed by atoms with E-state index < -0.39 is 47.7 Å². The number of aromatic amines is 1. The Kier molecular flexibility index (Phi) is 9.57. The van der Waals surface area contributed by atoms with E-state index in [-0.39, 0.29) is 18.7 Å². The van der Waals surface area contributed by atoms with E-state index in [0.29, 0.717) is 18.9 Å². The van der Waals surface area contributed by atoms with Gasteiger partial charge in [0.15, 0.2) is 6.23 Å². The van der Waals surface area contributed by atoms with Crippen LogP contribution in [0, 0.1) is 5.92 Å². The highest BCUT2D eigenvalue weighted by Crippen LogP contribution is 2.30. The number of hydrogen-bond acceptors (Lipinski definition) is 7. The number of aliphatic hydroxyl groups is 2. The molecule has 3 rings (SSSR count). The van der Waals surface area contributed by atoms with Crippen molar-refractivity contribution in [2.75, 3.05) is 6.54 Å². The molecule has 196 valence electrons. The monoisotopic (exact) mass is 502 g/mol. The zero-order valence-corrected chi connectivity index (χ0v) is 20.4. The van der Waals surface area contributed by atoms with Gasteiger partial charge in [-0.15, -0.1) is 0 Å². The summed E-state index contributed by atoms with van der Waals surface area (Å²) in [6.07, 6.45) is -2.65. The Labute approximate surface area is 208 Å². The molecule has 1 saturated heterocycles. The molecule has 11 heteroatoms. The van der Waals surface area contributed by atoms with Crippen LogP contribution in [-0.4, -0.2) is 62.5 Å². The molecule has 0 radical (unpaired) electrons. The number of ether oxygens (including phenoxy) is 1. The van der Waals surface area contributed by atoms with Crippen molar-refractivity contribution in [2.24, 2.45) is 5.92 Å². The zero-order chi connectivity index (χ0) is 26.2. The van der Waals surface area contributed by atoms with E-state index in [9.17, 15) is 29.4 Å². The number of aliphatic hydroxyl groups excluding tert-OH is 2. The molecular formula is C25H34N4O7. The molecule has 1 aromatic carbocycles. The fraction of sp³-hybridized carbons (Fsp3) is 0.520. The maximum absolute atomic E-state index is 12.8. The number of H-pyrrole nitrogens is 1. The van der Waals surface area contributed by atoms with Crippen molar-refractivity contribution in [3.05, 3.63) is 69.0 Å². The Morgan fingerprint density at radius 2 is 1.83 bits per heavy atom. The van der Waals surface area contributed by atoms with Gasteiger partial charge in [0.05, 0.1) is 6.10 Å². The van der Waals surface area contributed by atoms with E-state index in [1.165, 1.54) is 6.20 Å². The number of hydrogen-bond donors (Lipinski definition) is 5. The van der Waals surface area contributed by atoms with Gasteiger partial charge in [-0.3, -0.25) is 23.9 Å². The Morgan fingerprint density at radius 3 is 2.50 bits per heavy atom. The van der Waals surface area contributed by atoms with Crippen LogP contribution in [0.1, 0.15) is 44.9 Å². The molecule has 5 N–H and O–H groups in total. The standard InChI is InChI=1S/C25H34N4O7/c1-15(2)10-12-26-23(34)17(14-16-6-4-3-5-7-16)27-19(30)9-8-18-21(32)22(33)24(36-18)29-13-11-20(31)28-25(29)35/h3-7,11,13,15,17-18,21-22,24,32-33H,8-10,12,14H2,1-2H3,(H,26,34)(H,27,30)(H,28,31,35)/t17-,18-,21-,22-,24-/m1/s1. The molecule has 36 heavy (non-hydrogen) atoms. The SMILES string of the molecule is CC(C)CCNC(=O)[C@@H](Cc1ccccc1)NC(=O)CC[C@H]1O[C@@H](n2ccc(=O)[nH]c2=O)[C@H](O)[C@@H]1O. The lowest BCUT2D eigenvalue weighted by molar-refractivity contribution is -0.129. The van der Waals surface area contributed by atoms with Crippen molar-refractivity contribution in [2.45, 2.75) is 70.1 Å². The van der Waals surface area contributed by atoms with Gasteiger partial charge in [0, 0.05) is 31.6 Å². The maximum Gasteiger partial charge on any atom is 0.330 e. The number of nitrogens with zero attached hydrogens (tertiary/aromatic N) is 1. The predicted molar refractivity (Wildman–Crippen MR) is 131 cm³/mol. The Morgan fingerprint density at radius 1 is 1.11 bits per heavy atom. The lowest BCUT2D eigenvalue weighted by Gasteiger charge is -2.20. The van der Waals surface area contributed by atoms with Crippen molar-refractivity contribution < 1.29 is 24.5 Å². The molecule has 0 spiro atoms. The van der Waals surface area contributed by atoms with Gasteiger partial charge in [-0.25, -0.2) is 4.79 Å². The van der Waals surface area contributed by atoms with Crippen LogP contribution in [0.4, 0.5) is 0 Å². The normalized spacial score (nSPS) is 22.4. The summed E-state index contributed by atoms with van der Waals surface area (Å²) in [6.45, 7) is 4.62. The number of carbonyl (C=O) groups excluding carboxylic acids is 2. The molecule has 11 nitrogen and oxygen atoms in total. The first kappa shape index (κ1) is 27.3. The topological polar surface area (TPSA) is 163 Å². The second kappa shape index (κ2) is 12.6. The van der Waals surface area contributed by atoms with Gasteiger partial charge >= 0.3 is 5.69 Å². The molecule has 0 bridgehead atoms. The first-order chi connectivity index (χ1) is 17.2. The number of aromatic nitrogens is 2. The molecule has 2 heterocycles. The van der Waals surface area contributed by atoms with Gasteiger partial charge in [-0.1, -0.05) is 44.2 Å². The van der Waals surface area contributed by atoms with Crippen LogP contribution in [0.25, 0.3) is 0 Å².